The van der Waals surface area contributed by atoms with E-state index in [4.69, 9.17) is 10.8 Å². The van der Waals surface area contributed by atoms with Crippen LogP contribution in [0.25, 0.3) is 0 Å². The zero-order chi connectivity index (χ0) is 13.4. The lowest BCUT2D eigenvalue weighted by Gasteiger charge is -2.28. The Bertz CT molecular complexity index is 412. The fourth-order valence-electron chi connectivity index (χ4n) is 1.31. The number of alkyl halides is 3. The molecule has 6 heteroatoms. The number of halogens is 4. The van der Waals surface area contributed by atoms with Gasteiger partial charge in [0.1, 0.15) is 12.0 Å². The van der Waals surface area contributed by atoms with Crippen LogP contribution in [0.4, 0.5) is 17.6 Å². The number of nitrogens with two attached hydrogens (primary N) is 1. The minimum Gasteiger partial charge on any atom is -0.375 e. The molecule has 0 saturated carbocycles. The van der Waals surface area contributed by atoms with Gasteiger partial charge >= 0.3 is 6.18 Å². The first-order chi connectivity index (χ1) is 7.55. The summed E-state index contributed by atoms with van der Waals surface area (Å²) in [5, 5.41) is 9.07. The number of aliphatic hydroxyl groups is 1. The highest BCUT2D eigenvalue weighted by Gasteiger charge is 2.48. The lowest BCUT2D eigenvalue weighted by atomic mass is 9.83. The molecule has 0 spiro atoms. The molecule has 0 bridgehead atoms. The molecule has 0 aromatic heterocycles. The van der Waals surface area contributed by atoms with Crippen LogP contribution in [-0.4, -0.2) is 11.3 Å². The van der Waals surface area contributed by atoms with Crippen molar-refractivity contribution in [1.82, 2.24) is 0 Å². The van der Waals surface area contributed by atoms with E-state index in [1.165, 1.54) is 0 Å². The van der Waals surface area contributed by atoms with Crippen LogP contribution >= 0.6 is 0 Å². The van der Waals surface area contributed by atoms with Crippen molar-refractivity contribution in [1.29, 1.82) is 0 Å². The van der Waals surface area contributed by atoms with Crippen molar-refractivity contribution < 1.29 is 22.7 Å². The van der Waals surface area contributed by atoms with Gasteiger partial charge in [-0.15, -0.1) is 0 Å². The van der Waals surface area contributed by atoms with Gasteiger partial charge in [0.05, 0.1) is 5.41 Å². The normalized spacial score (nSPS) is 14.8. The van der Waals surface area contributed by atoms with Crippen LogP contribution in [0.5, 0.6) is 0 Å². The monoisotopic (exact) mass is 251 g/mol. The second-order valence-corrected chi connectivity index (χ2v) is 4.34. The number of rotatable bonds is 2. The van der Waals surface area contributed by atoms with Crippen LogP contribution in [0.2, 0.25) is 0 Å². The molecule has 17 heavy (non-hydrogen) atoms. The van der Waals surface area contributed by atoms with Gasteiger partial charge in [-0.05, 0) is 37.1 Å². The van der Waals surface area contributed by atoms with E-state index in [9.17, 15) is 17.6 Å². The molecule has 0 saturated heterocycles. The van der Waals surface area contributed by atoms with E-state index >= 15 is 0 Å². The lowest BCUT2D eigenvalue weighted by Crippen LogP contribution is -2.36. The fraction of sp³-hybridized carbons (Fsp3) is 0.455. The Morgan fingerprint density at radius 2 is 1.71 bits per heavy atom. The maximum Gasteiger partial charge on any atom is 0.397 e. The predicted octanol–water partition coefficient (Wildman–Crippen LogP) is 2.62. The van der Waals surface area contributed by atoms with Gasteiger partial charge < -0.3 is 10.8 Å². The molecule has 0 aliphatic heterocycles. The summed E-state index contributed by atoms with van der Waals surface area (Å²) in [7, 11) is 0. The highest BCUT2D eigenvalue weighted by Crippen LogP contribution is 2.41. The van der Waals surface area contributed by atoms with Gasteiger partial charge in [-0.1, -0.05) is 6.07 Å². The quantitative estimate of drug-likeness (QED) is 0.627. The lowest BCUT2D eigenvalue weighted by molar-refractivity contribution is -0.180. The molecule has 1 rings (SSSR count). The molecule has 1 aromatic rings. The Labute approximate surface area is 96.1 Å². The summed E-state index contributed by atoms with van der Waals surface area (Å²) in [5.74, 6) is -0.862. The van der Waals surface area contributed by atoms with Gasteiger partial charge in [0.2, 0.25) is 0 Å². The predicted molar refractivity (Wildman–Crippen MR) is 54.6 cm³/mol. The second-order valence-electron chi connectivity index (χ2n) is 4.34. The van der Waals surface area contributed by atoms with E-state index < -0.39 is 23.6 Å². The van der Waals surface area contributed by atoms with Crippen molar-refractivity contribution in [2.24, 2.45) is 5.73 Å². The third-order valence-corrected chi connectivity index (χ3v) is 2.69. The molecule has 2 nitrogen and oxygen atoms in total. The van der Waals surface area contributed by atoms with Gasteiger partial charge in [-0.3, -0.25) is 0 Å². The van der Waals surface area contributed by atoms with Crippen molar-refractivity contribution in [3.63, 3.8) is 0 Å². The highest BCUT2D eigenvalue weighted by atomic mass is 19.4. The van der Waals surface area contributed by atoms with Crippen LogP contribution < -0.4 is 5.73 Å². The Kier molecular flexibility index (Phi) is 3.50. The minimum absolute atomic E-state index is 0.0858. The standard InChI is InChI=1S/C11H13F4NO/c1-10(2,11(13,14)15)7-3-6(9(16)17)4-8(12)5-7/h3-5,9,17H,16H2,1-2H3. The van der Waals surface area contributed by atoms with Gasteiger partial charge in [0, 0.05) is 0 Å². The molecular weight excluding hydrogens is 238 g/mol. The van der Waals surface area contributed by atoms with E-state index in [2.05, 4.69) is 0 Å². The molecule has 1 aromatic carbocycles. The van der Waals surface area contributed by atoms with Gasteiger partial charge in [0.25, 0.3) is 0 Å². The zero-order valence-electron chi connectivity index (χ0n) is 9.35. The first-order valence-electron chi connectivity index (χ1n) is 4.87. The van der Waals surface area contributed by atoms with Gasteiger partial charge in [-0.25, -0.2) is 4.39 Å². The number of benzene rings is 1. The van der Waals surface area contributed by atoms with Crippen molar-refractivity contribution in [3.8, 4) is 0 Å². The van der Waals surface area contributed by atoms with Crippen LogP contribution in [0.15, 0.2) is 18.2 Å². The third-order valence-electron chi connectivity index (χ3n) is 2.69. The molecule has 0 radical (unpaired) electrons. The number of hydrogen-bond donors (Lipinski definition) is 2. The average Bonchev–Trinajstić information content (AvgIpc) is 2.14. The minimum atomic E-state index is -4.52. The summed E-state index contributed by atoms with van der Waals surface area (Å²) >= 11 is 0. The molecule has 1 atom stereocenters. The van der Waals surface area contributed by atoms with E-state index in [0.29, 0.717) is 0 Å². The van der Waals surface area contributed by atoms with Crippen molar-refractivity contribution in [2.45, 2.75) is 31.7 Å². The van der Waals surface area contributed by atoms with E-state index in [1.807, 2.05) is 0 Å². The van der Waals surface area contributed by atoms with Crippen molar-refractivity contribution in [3.05, 3.63) is 35.1 Å². The summed E-state index contributed by atoms with van der Waals surface area (Å²) in [6.45, 7) is 1.88. The van der Waals surface area contributed by atoms with E-state index in [0.717, 1.165) is 32.0 Å². The SMILES string of the molecule is CC(C)(c1cc(F)cc(C(N)O)c1)C(F)(F)F. The third kappa shape index (κ3) is 2.76. The molecule has 0 aliphatic rings. The van der Waals surface area contributed by atoms with Crippen molar-refractivity contribution in [2.75, 3.05) is 0 Å². The summed E-state index contributed by atoms with van der Waals surface area (Å²) in [4.78, 5) is 0. The summed E-state index contributed by atoms with van der Waals surface area (Å²) in [6, 6.07) is 2.75. The summed E-state index contributed by atoms with van der Waals surface area (Å²) in [5.41, 5.74) is 2.54. The smallest absolute Gasteiger partial charge is 0.375 e. The number of aliphatic hydroxyl groups excluding tert-OH is 1. The van der Waals surface area contributed by atoms with Crippen LogP contribution in [0, 0.1) is 5.82 Å². The zero-order valence-corrected chi connectivity index (χ0v) is 9.35. The maximum atomic E-state index is 13.2. The number of hydrogen-bond acceptors (Lipinski definition) is 2. The molecule has 0 fully saturated rings. The first kappa shape index (κ1) is 13.9. The molecule has 0 heterocycles. The molecule has 0 aliphatic carbocycles. The summed E-state index contributed by atoms with van der Waals surface area (Å²) in [6.07, 6.45) is -6.02. The molecule has 96 valence electrons. The molecular formula is C11H13F4NO. The average molecular weight is 251 g/mol. The Hall–Kier alpha value is -1.14. The molecule has 1 unspecified atom stereocenters. The first-order valence-corrected chi connectivity index (χ1v) is 4.87. The van der Waals surface area contributed by atoms with Crippen LogP contribution in [0.3, 0.4) is 0 Å². The Morgan fingerprint density at radius 1 is 1.18 bits per heavy atom. The maximum absolute atomic E-state index is 13.2. The second kappa shape index (κ2) is 4.27. The molecule has 0 amide bonds. The van der Waals surface area contributed by atoms with Gasteiger partial charge in [-0.2, -0.15) is 13.2 Å². The van der Waals surface area contributed by atoms with Gasteiger partial charge in [0.15, 0.2) is 0 Å². The Balaban J connectivity index is 3.32. The van der Waals surface area contributed by atoms with Crippen LogP contribution in [0.1, 0.15) is 31.2 Å². The molecule has 3 N–H and O–H groups in total. The van der Waals surface area contributed by atoms with E-state index in [1.54, 1.807) is 0 Å². The topological polar surface area (TPSA) is 46.2 Å². The summed E-state index contributed by atoms with van der Waals surface area (Å²) < 4.78 is 51.5. The Morgan fingerprint density at radius 3 is 2.12 bits per heavy atom. The van der Waals surface area contributed by atoms with Crippen molar-refractivity contribution >= 4 is 0 Å². The van der Waals surface area contributed by atoms with E-state index in [-0.39, 0.29) is 11.1 Å². The highest BCUT2D eigenvalue weighted by molar-refractivity contribution is 5.32. The fourth-order valence-corrected chi connectivity index (χ4v) is 1.31. The van der Waals surface area contributed by atoms with Crippen LogP contribution in [-0.2, 0) is 5.41 Å². The largest absolute Gasteiger partial charge is 0.397 e.